The summed E-state index contributed by atoms with van der Waals surface area (Å²) in [5.41, 5.74) is 0.326. The van der Waals surface area contributed by atoms with Crippen molar-refractivity contribution in [3.8, 4) is 11.3 Å². The highest BCUT2D eigenvalue weighted by Crippen LogP contribution is 2.21. The number of hydrogen-bond donors (Lipinski definition) is 1. The molecule has 2 rings (SSSR count). The third kappa shape index (κ3) is 2.58. The normalized spacial score (nSPS) is 11.6. The van der Waals surface area contributed by atoms with E-state index in [0.717, 1.165) is 5.56 Å². The van der Waals surface area contributed by atoms with E-state index in [1.807, 2.05) is 0 Å². The Balaban J connectivity index is 2.59. The van der Waals surface area contributed by atoms with Crippen molar-refractivity contribution in [2.45, 2.75) is 19.4 Å². The predicted octanol–water partition coefficient (Wildman–Crippen LogP) is 2.42. The van der Waals surface area contributed by atoms with Gasteiger partial charge in [-0.1, -0.05) is 0 Å². The molecule has 2 aromatic rings. The zero-order chi connectivity index (χ0) is 14.2. The summed E-state index contributed by atoms with van der Waals surface area (Å²) in [6.45, 7) is 3.14. The number of pyridine rings is 1. The van der Waals surface area contributed by atoms with E-state index in [9.17, 15) is 14.3 Å². The van der Waals surface area contributed by atoms with Gasteiger partial charge in [-0.3, -0.25) is 4.79 Å². The number of aliphatic hydroxyl groups is 1. The number of nitrogens with zero attached hydrogens (tertiary/aromatic N) is 1. The number of benzene rings is 1. The average Bonchev–Trinajstić information content (AvgIpc) is 2.32. The fraction of sp³-hybridized carbons (Fsp3) is 0.267. The van der Waals surface area contributed by atoms with Crippen molar-refractivity contribution < 1.29 is 9.50 Å². The molecule has 0 spiro atoms. The summed E-state index contributed by atoms with van der Waals surface area (Å²) in [7, 11) is 1.64. The maximum atomic E-state index is 12.9. The molecular formula is C15H16FNO2. The van der Waals surface area contributed by atoms with Crippen LogP contribution in [0, 0.1) is 5.82 Å². The van der Waals surface area contributed by atoms with Crippen LogP contribution in [0.15, 0.2) is 41.2 Å². The van der Waals surface area contributed by atoms with Gasteiger partial charge in [-0.25, -0.2) is 4.39 Å². The standard InChI is InChI=1S/C15H16FNO2/c1-15(2,19)12-8-9-13(17(3)14(12)18)10-4-6-11(16)7-5-10/h4-9,19H,1-3H3. The third-order valence-electron chi connectivity index (χ3n) is 3.10. The van der Waals surface area contributed by atoms with Crippen LogP contribution in [-0.4, -0.2) is 9.67 Å². The van der Waals surface area contributed by atoms with Gasteiger partial charge in [0.15, 0.2) is 0 Å². The Morgan fingerprint density at radius 1 is 1.11 bits per heavy atom. The molecule has 0 unspecified atom stereocenters. The van der Waals surface area contributed by atoms with Gasteiger partial charge in [-0.15, -0.1) is 0 Å². The molecule has 0 aliphatic heterocycles. The first-order valence-corrected chi connectivity index (χ1v) is 5.99. The molecule has 0 saturated carbocycles. The summed E-state index contributed by atoms with van der Waals surface area (Å²) < 4.78 is 14.4. The van der Waals surface area contributed by atoms with Crippen LogP contribution < -0.4 is 5.56 Å². The van der Waals surface area contributed by atoms with Crippen LogP contribution in [0.2, 0.25) is 0 Å². The van der Waals surface area contributed by atoms with Gasteiger partial charge in [0.2, 0.25) is 0 Å². The topological polar surface area (TPSA) is 42.2 Å². The van der Waals surface area contributed by atoms with Crippen molar-refractivity contribution in [3.63, 3.8) is 0 Å². The first-order valence-electron chi connectivity index (χ1n) is 5.99. The summed E-state index contributed by atoms with van der Waals surface area (Å²) in [4.78, 5) is 12.2. The van der Waals surface area contributed by atoms with Crippen molar-refractivity contribution in [2.75, 3.05) is 0 Å². The Morgan fingerprint density at radius 3 is 2.21 bits per heavy atom. The molecule has 0 bridgehead atoms. The molecule has 100 valence electrons. The van der Waals surface area contributed by atoms with Crippen molar-refractivity contribution >= 4 is 0 Å². The lowest BCUT2D eigenvalue weighted by Crippen LogP contribution is -2.31. The molecule has 19 heavy (non-hydrogen) atoms. The predicted molar refractivity (Wildman–Crippen MR) is 72.3 cm³/mol. The Labute approximate surface area is 110 Å². The number of halogens is 1. The number of rotatable bonds is 2. The Hall–Kier alpha value is -1.94. The van der Waals surface area contributed by atoms with Crippen molar-refractivity contribution in [3.05, 3.63) is 58.1 Å². The third-order valence-corrected chi connectivity index (χ3v) is 3.10. The molecule has 1 aromatic carbocycles. The number of hydrogen-bond acceptors (Lipinski definition) is 2. The summed E-state index contributed by atoms with van der Waals surface area (Å²) in [6, 6.07) is 9.30. The summed E-state index contributed by atoms with van der Waals surface area (Å²) >= 11 is 0. The molecule has 0 atom stereocenters. The summed E-state index contributed by atoms with van der Waals surface area (Å²) in [5.74, 6) is -0.318. The summed E-state index contributed by atoms with van der Waals surface area (Å²) in [6.07, 6.45) is 0. The molecule has 0 aliphatic rings. The lowest BCUT2D eigenvalue weighted by Gasteiger charge is -2.19. The molecule has 0 radical (unpaired) electrons. The molecule has 4 heteroatoms. The molecule has 3 nitrogen and oxygen atoms in total. The SMILES string of the molecule is Cn1c(-c2ccc(F)cc2)ccc(C(C)(C)O)c1=O. The van der Waals surface area contributed by atoms with Crippen molar-refractivity contribution in [2.24, 2.45) is 7.05 Å². The van der Waals surface area contributed by atoms with Gasteiger partial charge in [0, 0.05) is 12.6 Å². The second-order valence-electron chi connectivity index (χ2n) is 5.06. The Morgan fingerprint density at radius 2 is 1.68 bits per heavy atom. The van der Waals surface area contributed by atoms with Crippen LogP contribution in [-0.2, 0) is 12.6 Å². The Kier molecular flexibility index (Phi) is 3.28. The van der Waals surface area contributed by atoms with E-state index < -0.39 is 5.60 Å². The smallest absolute Gasteiger partial charge is 0.256 e. The van der Waals surface area contributed by atoms with Gasteiger partial charge in [0.25, 0.3) is 5.56 Å². The van der Waals surface area contributed by atoms with Gasteiger partial charge >= 0.3 is 0 Å². The van der Waals surface area contributed by atoms with Crippen LogP contribution in [0.1, 0.15) is 19.4 Å². The molecule has 0 amide bonds. The van der Waals surface area contributed by atoms with E-state index >= 15 is 0 Å². The largest absolute Gasteiger partial charge is 0.386 e. The maximum absolute atomic E-state index is 12.9. The summed E-state index contributed by atoms with van der Waals surface area (Å²) in [5, 5.41) is 9.93. The number of aromatic nitrogens is 1. The quantitative estimate of drug-likeness (QED) is 0.902. The Bertz CT molecular complexity index is 651. The van der Waals surface area contributed by atoms with Gasteiger partial charge in [0.05, 0.1) is 11.3 Å². The highest BCUT2D eigenvalue weighted by atomic mass is 19.1. The molecule has 1 N–H and O–H groups in total. The van der Waals surface area contributed by atoms with E-state index in [0.29, 0.717) is 11.3 Å². The van der Waals surface area contributed by atoms with Gasteiger partial charge < -0.3 is 9.67 Å². The van der Waals surface area contributed by atoms with Crippen LogP contribution in [0.5, 0.6) is 0 Å². The average molecular weight is 261 g/mol. The zero-order valence-electron chi connectivity index (χ0n) is 11.1. The zero-order valence-corrected chi connectivity index (χ0v) is 11.1. The van der Waals surface area contributed by atoms with Gasteiger partial charge in [0.1, 0.15) is 5.82 Å². The van der Waals surface area contributed by atoms with Crippen molar-refractivity contribution in [1.82, 2.24) is 4.57 Å². The lowest BCUT2D eigenvalue weighted by molar-refractivity contribution is 0.0766. The highest BCUT2D eigenvalue weighted by molar-refractivity contribution is 5.59. The molecular weight excluding hydrogens is 245 g/mol. The van der Waals surface area contributed by atoms with E-state index in [1.165, 1.54) is 16.7 Å². The molecule has 0 saturated heterocycles. The van der Waals surface area contributed by atoms with Crippen LogP contribution in [0.4, 0.5) is 4.39 Å². The minimum Gasteiger partial charge on any atom is -0.386 e. The lowest BCUT2D eigenvalue weighted by atomic mass is 9.99. The van der Waals surface area contributed by atoms with Crippen LogP contribution in [0.25, 0.3) is 11.3 Å². The second-order valence-corrected chi connectivity index (χ2v) is 5.06. The molecule has 0 aliphatic carbocycles. The minimum atomic E-state index is -1.18. The first-order chi connectivity index (χ1) is 8.80. The minimum absolute atomic E-state index is 0.255. The van der Waals surface area contributed by atoms with Crippen LogP contribution >= 0.6 is 0 Å². The fourth-order valence-electron chi connectivity index (χ4n) is 2.01. The van der Waals surface area contributed by atoms with E-state index in [1.54, 1.807) is 45.2 Å². The van der Waals surface area contributed by atoms with Crippen LogP contribution in [0.3, 0.4) is 0 Å². The van der Waals surface area contributed by atoms with E-state index in [4.69, 9.17) is 0 Å². The molecule has 1 aromatic heterocycles. The molecule has 1 heterocycles. The van der Waals surface area contributed by atoms with Gasteiger partial charge in [-0.2, -0.15) is 0 Å². The fourth-order valence-corrected chi connectivity index (χ4v) is 2.01. The monoisotopic (exact) mass is 261 g/mol. The second kappa shape index (κ2) is 4.63. The maximum Gasteiger partial charge on any atom is 0.256 e. The highest BCUT2D eigenvalue weighted by Gasteiger charge is 2.21. The van der Waals surface area contributed by atoms with E-state index in [2.05, 4.69) is 0 Å². The molecule has 0 fully saturated rings. The first kappa shape index (κ1) is 13.5. The van der Waals surface area contributed by atoms with E-state index in [-0.39, 0.29) is 11.4 Å². The van der Waals surface area contributed by atoms with Crippen molar-refractivity contribution in [1.29, 1.82) is 0 Å². The van der Waals surface area contributed by atoms with Gasteiger partial charge in [-0.05, 0) is 55.8 Å².